The van der Waals surface area contributed by atoms with Gasteiger partial charge >= 0.3 is 0 Å². The molecule has 5 heteroatoms. The highest BCUT2D eigenvalue weighted by molar-refractivity contribution is 5.39. The van der Waals surface area contributed by atoms with Crippen LogP contribution in [0.5, 0.6) is 0 Å². The largest absolute Gasteiger partial charge is 0.341 e. The van der Waals surface area contributed by atoms with E-state index in [4.69, 9.17) is 15.0 Å². The Morgan fingerprint density at radius 1 is 0.714 bits per heavy atom. The number of aromatic nitrogens is 3. The highest BCUT2D eigenvalue weighted by Gasteiger charge is 2.19. The summed E-state index contributed by atoms with van der Waals surface area (Å²) in [5.74, 6) is 2.79. The first-order chi connectivity index (χ1) is 10.4. The molecule has 3 rings (SSSR count). The van der Waals surface area contributed by atoms with Crippen LogP contribution in [0, 0.1) is 0 Å². The topological polar surface area (TPSA) is 45.2 Å². The van der Waals surface area contributed by atoms with Gasteiger partial charge in [0, 0.05) is 32.6 Å². The first-order valence-corrected chi connectivity index (χ1v) is 8.61. The Morgan fingerprint density at radius 2 is 1.19 bits per heavy atom. The normalized spacial score (nSPS) is 19.9. The molecule has 2 saturated heterocycles. The van der Waals surface area contributed by atoms with Gasteiger partial charge in [-0.1, -0.05) is 6.92 Å². The monoisotopic (exact) mass is 289 g/mol. The molecule has 5 nitrogen and oxygen atoms in total. The van der Waals surface area contributed by atoms with Gasteiger partial charge < -0.3 is 9.80 Å². The molecule has 0 amide bonds. The third-order valence-electron chi connectivity index (χ3n) is 4.41. The molecule has 0 unspecified atom stereocenters. The number of rotatable bonds is 4. The zero-order valence-corrected chi connectivity index (χ0v) is 13.2. The molecule has 0 bridgehead atoms. The molecule has 0 aliphatic carbocycles. The lowest BCUT2D eigenvalue weighted by Crippen LogP contribution is -2.34. The molecular formula is C16H27N5. The van der Waals surface area contributed by atoms with Gasteiger partial charge in [0.2, 0.25) is 11.9 Å². The fraction of sp³-hybridized carbons (Fsp3) is 0.812. The third kappa shape index (κ3) is 3.63. The number of piperidine rings is 2. The number of anilines is 2. The molecule has 1 aromatic rings. The van der Waals surface area contributed by atoms with Crippen molar-refractivity contribution in [1.29, 1.82) is 0 Å². The van der Waals surface area contributed by atoms with Crippen LogP contribution in [0.2, 0.25) is 0 Å². The van der Waals surface area contributed by atoms with Gasteiger partial charge in [-0.15, -0.1) is 0 Å². The minimum Gasteiger partial charge on any atom is -0.341 e. The predicted molar refractivity (Wildman–Crippen MR) is 86.0 cm³/mol. The third-order valence-corrected chi connectivity index (χ3v) is 4.41. The second-order valence-corrected chi connectivity index (χ2v) is 6.20. The molecule has 2 aliphatic heterocycles. The fourth-order valence-corrected chi connectivity index (χ4v) is 3.20. The molecule has 0 N–H and O–H groups in total. The number of hydrogen-bond acceptors (Lipinski definition) is 5. The van der Waals surface area contributed by atoms with Crippen LogP contribution in [0.15, 0.2) is 0 Å². The summed E-state index contributed by atoms with van der Waals surface area (Å²) >= 11 is 0. The van der Waals surface area contributed by atoms with Crippen LogP contribution in [-0.4, -0.2) is 41.1 Å². The Labute approximate surface area is 127 Å². The van der Waals surface area contributed by atoms with Crippen LogP contribution >= 0.6 is 0 Å². The van der Waals surface area contributed by atoms with Crippen LogP contribution in [-0.2, 0) is 6.42 Å². The first kappa shape index (κ1) is 14.5. The van der Waals surface area contributed by atoms with E-state index in [0.29, 0.717) is 0 Å². The summed E-state index contributed by atoms with van der Waals surface area (Å²) in [6.07, 6.45) is 9.74. The van der Waals surface area contributed by atoms with Crippen molar-refractivity contribution in [2.45, 2.75) is 58.3 Å². The fourth-order valence-electron chi connectivity index (χ4n) is 3.20. The van der Waals surface area contributed by atoms with E-state index in [9.17, 15) is 0 Å². The van der Waals surface area contributed by atoms with E-state index in [2.05, 4.69) is 16.7 Å². The van der Waals surface area contributed by atoms with Crippen LogP contribution in [0.4, 0.5) is 11.9 Å². The molecule has 1 aromatic heterocycles. The van der Waals surface area contributed by atoms with Gasteiger partial charge in [0.25, 0.3) is 0 Å². The molecule has 0 radical (unpaired) electrons. The lowest BCUT2D eigenvalue weighted by molar-refractivity contribution is 0.553. The van der Waals surface area contributed by atoms with Gasteiger partial charge in [0.1, 0.15) is 5.82 Å². The zero-order chi connectivity index (χ0) is 14.5. The van der Waals surface area contributed by atoms with Crippen molar-refractivity contribution in [2.75, 3.05) is 36.0 Å². The van der Waals surface area contributed by atoms with Crippen LogP contribution in [0.1, 0.15) is 57.7 Å². The molecule has 116 valence electrons. The molecule has 0 saturated carbocycles. The predicted octanol–water partition coefficient (Wildman–Crippen LogP) is 2.80. The molecule has 0 spiro atoms. The van der Waals surface area contributed by atoms with Gasteiger partial charge in [-0.05, 0) is 44.9 Å². The van der Waals surface area contributed by atoms with E-state index in [-0.39, 0.29) is 0 Å². The summed E-state index contributed by atoms with van der Waals surface area (Å²) in [5, 5.41) is 0. The maximum Gasteiger partial charge on any atom is 0.230 e. The van der Waals surface area contributed by atoms with Crippen molar-refractivity contribution in [3.8, 4) is 0 Å². The highest BCUT2D eigenvalue weighted by atomic mass is 15.3. The summed E-state index contributed by atoms with van der Waals surface area (Å²) < 4.78 is 0. The van der Waals surface area contributed by atoms with Gasteiger partial charge in [-0.3, -0.25) is 0 Å². The minimum atomic E-state index is 0.911. The van der Waals surface area contributed by atoms with E-state index >= 15 is 0 Å². The molecule has 21 heavy (non-hydrogen) atoms. The van der Waals surface area contributed by atoms with Crippen molar-refractivity contribution in [1.82, 2.24) is 15.0 Å². The van der Waals surface area contributed by atoms with Crippen molar-refractivity contribution in [2.24, 2.45) is 0 Å². The molecule has 2 fully saturated rings. The zero-order valence-electron chi connectivity index (χ0n) is 13.2. The molecule has 3 heterocycles. The Bertz CT molecular complexity index is 414. The van der Waals surface area contributed by atoms with Gasteiger partial charge in [-0.25, -0.2) is 0 Å². The second kappa shape index (κ2) is 7.05. The summed E-state index contributed by atoms with van der Waals surface area (Å²) in [6, 6.07) is 0. The number of nitrogens with zero attached hydrogens (tertiary/aromatic N) is 5. The average Bonchev–Trinajstić information content (AvgIpc) is 2.56. The Balaban J connectivity index is 1.85. The summed E-state index contributed by atoms with van der Waals surface area (Å²) in [6.45, 7) is 6.55. The van der Waals surface area contributed by atoms with Crippen molar-refractivity contribution in [3.05, 3.63) is 5.82 Å². The van der Waals surface area contributed by atoms with Gasteiger partial charge in [-0.2, -0.15) is 15.0 Å². The maximum absolute atomic E-state index is 4.79. The molecule has 0 aromatic carbocycles. The smallest absolute Gasteiger partial charge is 0.230 e. The Hall–Kier alpha value is -1.39. The average molecular weight is 289 g/mol. The first-order valence-electron chi connectivity index (χ1n) is 8.61. The lowest BCUT2D eigenvalue weighted by atomic mass is 10.1. The number of aryl methyl sites for hydroxylation is 1. The number of hydrogen-bond donors (Lipinski definition) is 0. The molecule has 2 aliphatic rings. The Kier molecular flexibility index (Phi) is 4.88. The minimum absolute atomic E-state index is 0.911. The van der Waals surface area contributed by atoms with Crippen molar-refractivity contribution < 1.29 is 0 Å². The Morgan fingerprint density at radius 3 is 1.62 bits per heavy atom. The molecule has 0 atom stereocenters. The maximum atomic E-state index is 4.79. The summed E-state index contributed by atoms with van der Waals surface area (Å²) in [5.41, 5.74) is 0. The highest BCUT2D eigenvalue weighted by Crippen LogP contribution is 2.21. The van der Waals surface area contributed by atoms with Crippen molar-refractivity contribution in [3.63, 3.8) is 0 Å². The summed E-state index contributed by atoms with van der Waals surface area (Å²) in [4.78, 5) is 18.9. The van der Waals surface area contributed by atoms with E-state index in [1.165, 1.54) is 38.5 Å². The van der Waals surface area contributed by atoms with Crippen molar-refractivity contribution >= 4 is 11.9 Å². The van der Waals surface area contributed by atoms with E-state index in [0.717, 1.165) is 56.7 Å². The summed E-state index contributed by atoms with van der Waals surface area (Å²) in [7, 11) is 0. The lowest BCUT2D eigenvalue weighted by Gasteiger charge is -2.30. The van der Waals surface area contributed by atoms with Crippen LogP contribution in [0.25, 0.3) is 0 Å². The molecular weight excluding hydrogens is 262 g/mol. The van der Waals surface area contributed by atoms with Crippen LogP contribution < -0.4 is 9.80 Å². The standard InChI is InChI=1S/C16H27N5/c1-2-9-14-17-15(20-10-5-3-6-11-20)19-16(18-14)21-12-7-4-8-13-21/h2-13H2,1H3. The van der Waals surface area contributed by atoms with E-state index in [1.807, 2.05) is 0 Å². The van der Waals surface area contributed by atoms with Crippen LogP contribution in [0.3, 0.4) is 0 Å². The van der Waals surface area contributed by atoms with Gasteiger partial charge in [0.15, 0.2) is 0 Å². The SMILES string of the molecule is CCCc1nc(N2CCCCC2)nc(N2CCCCC2)n1. The second-order valence-electron chi connectivity index (χ2n) is 6.20. The van der Waals surface area contributed by atoms with Gasteiger partial charge in [0.05, 0.1) is 0 Å². The quantitative estimate of drug-likeness (QED) is 0.853. The van der Waals surface area contributed by atoms with E-state index < -0.39 is 0 Å². The van der Waals surface area contributed by atoms with E-state index in [1.54, 1.807) is 0 Å².